The van der Waals surface area contributed by atoms with Crippen molar-refractivity contribution in [2.24, 2.45) is 5.73 Å². The second kappa shape index (κ2) is 5.60. The van der Waals surface area contributed by atoms with Crippen LogP contribution in [0.2, 0.25) is 0 Å². The predicted molar refractivity (Wildman–Crippen MR) is 64.6 cm³/mol. The number of rotatable bonds is 5. The molecule has 90 valence electrons. The number of thioether (sulfide) groups is 1. The van der Waals surface area contributed by atoms with Crippen molar-refractivity contribution in [3.8, 4) is 0 Å². The minimum Gasteiger partial charge on any atom is -0.468 e. The van der Waals surface area contributed by atoms with E-state index < -0.39 is 11.5 Å². The van der Waals surface area contributed by atoms with Crippen molar-refractivity contribution in [3.05, 3.63) is 5.82 Å². The molecule has 1 unspecified atom stereocenters. The van der Waals surface area contributed by atoms with Crippen molar-refractivity contribution in [1.29, 1.82) is 0 Å². The van der Waals surface area contributed by atoms with Gasteiger partial charge in [0.1, 0.15) is 11.4 Å². The highest BCUT2D eigenvalue weighted by Gasteiger charge is 2.30. The Labute approximate surface area is 103 Å². The Bertz CT molecular complexity index is 365. The molecule has 1 rings (SSSR count). The summed E-state index contributed by atoms with van der Waals surface area (Å²) in [4.78, 5) is 15.6. The molecule has 1 aromatic rings. The summed E-state index contributed by atoms with van der Waals surface area (Å²) in [5.74, 6) is 0.836. The summed E-state index contributed by atoms with van der Waals surface area (Å²) in [7, 11) is 1.33. The Morgan fingerprint density at radius 2 is 2.38 bits per heavy atom. The number of carbonyl (C=O) groups is 1. The summed E-state index contributed by atoms with van der Waals surface area (Å²) < 4.78 is 9.60. The molecule has 0 bridgehead atoms. The SMILES string of the molecule is CCc1nsc(SCC(C)(N)C(=O)OC)n1. The molecule has 7 heteroatoms. The molecule has 0 amide bonds. The summed E-state index contributed by atoms with van der Waals surface area (Å²) in [6.45, 7) is 3.64. The van der Waals surface area contributed by atoms with E-state index in [1.165, 1.54) is 30.4 Å². The lowest BCUT2D eigenvalue weighted by molar-refractivity contribution is -0.145. The average Bonchev–Trinajstić information content (AvgIpc) is 2.73. The standard InChI is InChI=1S/C9H15N3O2S2/c1-4-6-11-8(16-12-6)15-5-9(2,10)7(13)14-3/h4-5,10H2,1-3H3. The minimum atomic E-state index is -0.989. The van der Waals surface area contributed by atoms with Gasteiger partial charge in [0.05, 0.1) is 7.11 Å². The van der Waals surface area contributed by atoms with Gasteiger partial charge in [-0.1, -0.05) is 18.7 Å². The fourth-order valence-electron chi connectivity index (χ4n) is 0.944. The lowest BCUT2D eigenvalue weighted by Gasteiger charge is -2.19. The molecule has 0 saturated carbocycles. The van der Waals surface area contributed by atoms with Crippen molar-refractivity contribution in [3.63, 3.8) is 0 Å². The molecule has 0 radical (unpaired) electrons. The number of aromatic nitrogens is 2. The van der Waals surface area contributed by atoms with E-state index in [2.05, 4.69) is 14.1 Å². The van der Waals surface area contributed by atoms with E-state index in [1.807, 2.05) is 6.92 Å². The van der Waals surface area contributed by atoms with Crippen LogP contribution in [0.15, 0.2) is 4.34 Å². The second-order valence-electron chi connectivity index (χ2n) is 3.53. The summed E-state index contributed by atoms with van der Waals surface area (Å²) >= 11 is 2.75. The van der Waals surface area contributed by atoms with Gasteiger partial charge in [-0.3, -0.25) is 4.79 Å². The van der Waals surface area contributed by atoms with Crippen molar-refractivity contribution in [1.82, 2.24) is 9.36 Å². The summed E-state index contributed by atoms with van der Waals surface area (Å²) in [6.07, 6.45) is 0.813. The molecule has 1 aromatic heterocycles. The van der Waals surface area contributed by atoms with E-state index in [1.54, 1.807) is 6.92 Å². The monoisotopic (exact) mass is 261 g/mol. The van der Waals surface area contributed by atoms with Gasteiger partial charge in [-0.2, -0.15) is 4.37 Å². The third-order valence-corrected chi connectivity index (χ3v) is 4.12. The summed E-state index contributed by atoms with van der Waals surface area (Å²) in [5.41, 5.74) is 4.83. The molecular weight excluding hydrogens is 246 g/mol. The molecule has 0 saturated heterocycles. The highest BCUT2D eigenvalue weighted by Crippen LogP contribution is 2.23. The van der Waals surface area contributed by atoms with Crippen LogP contribution < -0.4 is 5.73 Å². The van der Waals surface area contributed by atoms with Gasteiger partial charge < -0.3 is 10.5 Å². The number of aryl methyl sites for hydroxylation is 1. The lowest BCUT2D eigenvalue weighted by Crippen LogP contribution is -2.48. The number of nitrogens with zero attached hydrogens (tertiary/aromatic N) is 2. The lowest BCUT2D eigenvalue weighted by atomic mass is 10.1. The van der Waals surface area contributed by atoms with Gasteiger partial charge in [-0.15, -0.1) is 0 Å². The maximum Gasteiger partial charge on any atom is 0.326 e. The smallest absolute Gasteiger partial charge is 0.326 e. The molecule has 0 aliphatic heterocycles. The fourth-order valence-corrected chi connectivity index (χ4v) is 2.65. The van der Waals surface area contributed by atoms with Crippen LogP contribution in [-0.4, -0.2) is 33.7 Å². The Kier molecular flexibility index (Phi) is 4.69. The topological polar surface area (TPSA) is 78.1 Å². The number of methoxy groups -OCH3 is 1. The molecule has 5 nitrogen and oxygen atoms in total. The predicted octanol–water partition coefficient (Wildman–Crippen LogP) is 1.08. The van der Waals surface area contributed by atoms with Crippen LogP contribution in [0.25, 0.3) is 0 Å². The average molecular weight is 261 g/mol. The number of esters is 1. The maximum atomic E-state index is 11.3. The van der Waals surface area contributed by atoms with E-state index in [9.17, 15) is 4.79 Å². The number of carbonyl (C=O) groups excluding carboxylic acids is 1. The molecule has 0 aliphatic rings. The van der Waals surface area contributed by atoms with Gasteiger partial charge in [0.25, 0.3) is 0 Å². The molecule has 1 heterocycles. The number of hydrogen-bond acceptors (Lipinski definition) is 7. The van der Waals surface area contributed by atoms with E-state index in [0.29, 0.717) is 5.75 Å². The first-order valence-corrected chi connectivity index (χ1v) is 6.58. The molecule has 0 fully saturated rings. The first kappa shape index (κ1) is 13.4. The van der Waals surface area contributed by atoms with E-state index >= 15 is 0 Å². The third-order valence-electron chi connectivity index (χ3n) is 1.91. The molecule has 16 heavy (non-hydrogen) atoms. The number of hydrogen-bond donors (Lipinski definition) is 1. The van der Waals surface area contributed by atoms with E-state index in [4.69, 9.17) is 5.73 Å². The first-order valence-electron chi connectivity index (χ1n) is 4.82. The molecule has 1 atom stereocenters. The van der Waals surface area contributed by atoms with E-state index in [-0.39, 0.29) is 0 Å². The highest BCUT2D eigenvalue weighted by atomic mass is 32.2. The zero-order chi connectivity index (χ0) is 12.2. The van der Waals surface area contributed by atoms with E-state index in [0.717, 1.165) is 16.6 Å². The Hall–Kier alpha value is -0.660. The Balaban J connectivity index is 2.53. The van der Waals surface area contributed by atoms with Gasteiger partial charge in [-0.25, -0.2) is 4.98 Å². The summed E-state index contributed by atoms with van der Waals surface area (Å²) in [5, 5.41) is 0. The van der Waals surface area contributed by atoms with Gasteiger partial charge in [0, 0.05) is 12.2 Å². The third kappa shape index (κ3) is 3.43. The molecular formula is C9H15N3O2S2. The van der Waals surface area contributed by atoms with Crippen LogP contribution in [0.5, 0.6) is 0 Å². The molecule has 0 aromatic carbocycles. The number of ether oxygens (including phenoxy) is 1. The normalized spacial score (nSPS) is 14.5. The van der Waals surface area contributed by atoms with Crippen molar-refractivity contribution < 1.29 is 9.53 Å². The largest absolute Gasteiger partial charge is 0.468 e. The van der Waals surface area contributed by atoms with Crippen LogP contribution in [0.1, 0.15) is 19.7 Å². The van der Waals surface area contributed by atoms with Crippen LogP contribution >= 0.6 is 23.3 Å². The van der Waals surface area contributed by atoms with Crippen LogP contribution in [0.4, 0.5) is 0 Å². The summed E-state index contributed by atoms with van der Waals surface area (Å²) in [6, 6.07) is 0. The van der Waals surface area contributed by atoms with Gasteiger partial charge >= 0.3 is 5.97 Å². The van der Waals surface area contributed by atoms with Crippen LogP contribution in [-0.2, 0) is 16.0 Å². The molecule has 2 N–H and O–H groups in total. The molecule has 0 aliphatic carbocycles. The van der Waals surface area contributed by atoms with Crippen LogP contribution in [0.3, 0.4) is 0 Å². The molecule has 0 spiro atoms. The zero-order valence-electron chi connectivity index (χ0n) is 9.52. The quantitative estimate of drug-likeness (QED) is 0.631. The van der Waals surface area contributed by atoms with Crippen molar-refractivity contribution in [2.75, 3.05) is 12.9 Å². The highest BCUT2D eigenvalue weighted by molar-refractivity contribution is 8.01. The van der Waals surface area contributed by atoms with Gasteiger partial charge in [0.15, 0.2) is 4.34 Å². The van der Waals surface area contributed by atoms with Crippen molar-refractivity contribution in [2.45, 2.75) is 30.1 Å². The van der Waals surface area contributed by atoms with Gasteiger partial charge in [-0.05, 0) is 18.5 Å². The fraction of sp³-hybridized carbons (Fsp3) is 0.667. The first-order chi connectivity index (χ1) is 7.49. The minimum absolute atomic E-state index is 0.416. The van der Waals surface area contributed by atoms with Crippen molar-refractivity contribution >= 4 is 29.3 Å². The Morgan fingerprint density at radius 1 is 1.69 bits per heavy atom. The second-order valence-corrected chi connectivity index (χ2v) is 5.50. The van der Waals surface area contributed by atoms with Gasteiger partial charge in [0.2, 0.25) is 0 Å². The zero-order valence-corrected chi connectivity index (χ0v) is 11.2. The van der Waals surface area contributed by atoms with Crippen LogP contribution in [0, 0.1) is 0 Å². The number of nitrogens with two attached hydrogens (primary N) is 1. The maximum absolute atomic E-state index is 11.3. The Morgan fingerprint density at radius 3 is 2.88 bits per heavy atom.